The number of likely N-dealkylation sites (N-methyl/N-ethyl adjacent to an activating group) is 1. The van der Waals surface area contributed by atoms with Gasteiger partial charge in [-0.2, -0.15) is 0 Å². The lowest BCUT2D eigenvalue weighted by Gasteiger charge is -2.31. The first kappa shape index (κ1) is 15.3. The summed E-state index contributed by atoms with van der Waals surface area (Å²) < 4.78 is 0. The summed E-state index contributed by atoms with van der Waals surface area (Å²) in [5.74, 6) is 1.57. The number of nitrogens with two attached hydrogens (primary N) is 1. The highest BCUT2D eigenvalue weighted by atomic mass is 15.3. The molecule has 4 heteroatoms. The van der Waals surface area contributed by atoms with Crippen molar-refractivity contribution in [3.05, 3.63) is 0 Å². The van der Waals surface area contributed by atoms with Crippen molar-refractivity contribution in [3.8, 4) is 0 Å². The molecule has 0 aliphatic carbocycles. The van der Waals surface area contributed by atoms with Gasteiger partial charge in [0, 0.05) is 25.7 Å². The number of hydrogen-bond donors (Lipinski definition) is 1. The van der Waals surface area contributed by atoms with Gasteiger partial charge in [0.25, 0.3) is 0 Å². The number of aliphatic imine (C=N–C) groups is 1. The maximum absolute atomic E-state index is 6.05. The van der Waals surface area contributed by atoms with E-state index in [1.165, 1.54) is 19.3 Å². The van der Waals surface area contributed by atoms with Crippen LogP contribution in [0.4, 0.5) is 0 Å². The molecule has 0 aromatic rings. The second-order valence-corrected chi connectivity index (χ2v) is 5.65. The molecule has 4 nitrogen and oxygen atoms in total. The van der Waals surface area contributed by atoms with E-state index in [0.29, 0.717) is 6.04 Å². The van der Waals surface area contributed by atoms with E-state index in [0.717, 1.165) is 38.1 Å². The molecule has 0 aromatic carbocycles. The summed E-state index contributed by atoms with van der Waals surface area (Å²) in [6.07, 6.45) is 3.66. The first-order chi connectivity index (χ1) is 8.54. The van der Waals surface area contributed by atoms with Gasteiger partial charge in [-0.3, -0.25) is 4.99 Å². The molecule has 0 spiro atoms. The zero-order chi connectivity index (χ0) is 13.5. The number of nitrogens with zero attached hydrogens (tertiary/aromatic N) is 3. The summed E-state index contributed by atoms with van der Waals surface area (Å²) in [6, 6.07) is 0.622. The molecule has 0 bridgehead atoms. The fourth-order valence-electron chi connectivity index (χ4n) is 2.19. The van der Waals surface area contributed by atoms with Crippen LogP contribution in [0.5, 0.6) is 0 Å². The summed E-state index contributed by atoms with van der Waals surface area (Å²) in [4.78, 5) is 9.08. The van der Waals surface area contributed by atoms with Crippen LogP contribution in [0.25, 0.3) is 0 Å². The fourth-order valence-corrected chi connectivity index (χ4v) is 2.19. The summed E-state index contributed by atoms with van der Waals surface area (Å²) in [6.45, 7) is 10.7. The van der Waals surface area contributed by atoms with E-state index < -0.39 is 0 Å². The van der Waals surface area contributed by atoms with Crippen molar-refractivity contribution < 1.29 is 0 Å². The van der Waals surface area contributed by atoms with Gasteiger partial charge in [0.05, 0.1) is 6.54 Å². The maximum atomic E-state index is 6.05. The van der Waals surface area contributed by atoms with Crippen LogP contribution in [0.1, 0.15) is 40.0 Å². The maximum Gasteiger partial charge on any atom is 0.191 e. The Balaban J connectivity index is 2.29. The van der Waals surface area contributed by atoms with Crippen molar-refractivity contribution in [1.82, 2.24) is 9.80 Å². The first-order valence-electron chi connectivity index (χ1n) is 7.29. The number of rotatable bonds is 5. The molecule has 0 radical (unpaired) electrons. The lowest BCUT2D eigenvalue weighted by atomic mass is 10.00. The smallest absolute Gasteiger partial charge is 0.191 e. The predicted octanol–water partition coefficient (Wildman–Crippen LogP) is 1.76. The Morgan fingerprint density at radius 1 is 1.44 bits per heavy atom. The SMILES string of the molecule is CCC(C)N(C)CCN=C(N)N1CCC(C)CC1. The van der Waals surface area contributed by atoms with Crippen LogP contribution in [-0.4, -0.2) is 55.0 Å². The molecule has 1 rings (SSSR count). The van der Waals surface area contributed by atoms with E-state index in [1.54, 1.807) is 0 Å². The molecule has 0 saturated carbocycles. The third-order valence-corrected chi connectivity index (χ3v) is 4.18. The van der Waals surface area contributed by atoms with E-state index in [1.807, 2.05) is 0 Å². The van der Waals surface area contributed by atoms with Crippen molar-refractivity contribution >= 4 is 5.96 Å². The van der Waals surface area contributed by atoms with E-state index in [2.05, 4.69) is 42.6 Å². The molecule has 106 valence electrons. The molecule has 1 fully saturated rings. The van der Waals surface area contributed by atoms with Crippen LogP contribution in [0, 0.1) is 5.92 Å². The highest BCUT2D eigenvalue weighted by molar-refractivity contribution is 5.78. The second kappa shape index (κ2) is 7.62. The van der Waals surface area contributed by atoms with E-state index in [9.17, 15) is 0 Å². The molecular weight excluding hydrogens is 224 g/mol. The third-order valence-electron chi connectivity index (χ3n) is 4.18. The van der Waals surface area contributed by atoms with Gasteiger partial charge in [0.1, 0.15) is 0 Å². The molecular formula is C14H30N4. The summed E-state index contributed by atoms with van der Waals surface area (Å²) >= 11 is 0. The van der Waals surface area contributed by atoms with Gasteiger partial charge >= 0.3 is 0 Å². The van der Waals surface area contributed by atoms with Crippen molar-refractivity contribution in [2.45, 2.75) is 46.1 Å². The molecule has 1 saturated heterocycles. The summed E-state index contributed by atoms with van der Waals surface area (Å²) in [5.41, 5.74) is 6.05. The Morgan fingerprint density at radius 3 is 2.61 bits per heavy atom. The molecule has 1 aliphatic heterocycles. The minimum absolute atomic E-state index is 0.622. The number of piperidine rings is 1. The van der Waals surface area contributed by atoms with Crippen LogP contribution in [0.15, 0.2) is 4.99 Å². The minimum atomic E-state index is 0.622. The highest BCUT2D eigenvalue weighted by Crippen LogP contribution is 2.15. The van der Waals surface area contributed by atoms with Crippen molar-refractivity contribution in [2.75, 3.05) is 33.2 Å². The molecule has 18 heavy (non-hydrogen) atoms. The van der Waals surface area contributed by atoms with Crippen LogP contribution in [-0.2, 0) is 0 Å². The van der Waals surface area contributed by atoms with Crippen molar-refractivity contribution in [2.24, 2.45) is 16.6 Å². The third kappa shape index (κ3) is 4.84. The Hall–Kier alpha value is -0.770. The quantitative estimate of drug-likeness (QED) is 0.601. The second-order valence-electron chi connectivity index (χ2n) is 5.65. The molecule has 1 unspecified atom stereocenters. The van der Waals surface area contributed by atoms with Crippen LogP contribution in [0.3, 0.4) is 0 Å². The van der Waals surface area contributed by atoms with Gasteiger partial charge in [0.2, 0.25) is 0 Å². The van der Waals surface area contributed by atoms with Gasteiger partial charge < -0.3 is 15.5 Å². The average Bonchev–Trinajstić information content (AvgIpc) is 2.38. The van der Waals surface area contributed by atoms with Gasteiger partial charge in [0.15, 0.2) is 5.96 Å². The van der Waals surface area contributed by atoms with Crippen LogP contribution < -0.4 is 5.73 Å². The average molecular weight is 254 g/mol. The van der Waals surface area contributed by atoms with Crippen LogP contribution >= 0.6 is 0 Å². The van der Waals surface area contributed by atoms with Crippen molar-refractivity contribution in [3.63, 3.8) is 0 Å². The van der Waals surface area contributed by atoms with E-state index in [-0.39, 0.29) is 0 Å². The lowest BCUT2D eigenvalue weighted by molar-refractivity contribution is 0.256. The Morgan fingerprint density at radius 2 is 2.06 bits per heavy atom. The van der Waals surface area contributed by atoms with Gasteiger partial charge in [-0.05, 0) is 39.2 Å². The largest absolute Gasteiger partial charge is 0.370 e. The number of guanidine groups is 1. The normalized spacial score (nSPS) is 20.5. The molecule has 0 aromatic heterocycles. The summed E-state index contributed by atoms with van der Waals surface area (Å²) in [5, 5.41) is 0. The number of likely N-dealkylation sites (tertiary alicyclic amines) is 1. The first-order valence-corrected chi connectivity index (χ1v) is 7.29. The molecule has 1 atom stereocenters. The van der Waals surface area contributed by atoms with Crippen molar-refractivity contribution in [1.29, 1.82) is 0 Å². The van der Waals surface area contributed by atoms with E-state index in [4.69, 9.17) is 5.73 Å². The van der Waals surface area contributed by atoms with E-state index >= 15 is 0 Å². The Kier molecular flexibility index (Phi) is 6.47. The molecule has 1 heterocycles. The molecule has 2 N–H and O–H groups in total. The minimum Gasteiger partial charge on any atom is -0.370 e. The fraction of sp³-hybridized carbons (Fsp3) is 0.929. The zero-order valence-electron chi connectivity index (χ0n) is 12.5. The van der Waals surface area contributed by atoms with Crippen LogP contribution in [0.2, 0.25) is 0 Å². The lowest BCUT2D eigenvalue weighted by Crippen LogP contribution is -2.43. The monoisotopic (exact) mass is 254 g/mol. The predicted molar refractivity (Wildman–Crippen MR) is 78.8 cm³/mol. The highest BCUT2D eigenvalue weighted by Gasteiger charge is 2.16. The Bertz CT molecular complexity index is 257. The van der Waals surface area contributed by atoms with Gasteiger partial charge in [-0.25, -0.2) is 0 Å². The molecule has 1 aliphatic rings. The Labute approximate surface area is 112 Å². The van der Waals surface area contributed by atoms with Gasteiger partial charge in [-0.15, -0.1) is 0 Å². The summed E-state index contributed by atoms with van der Waals surface area (Å²) in [7, 11) is 2.16. The zero-order valence-corrected chi connectivity index (χ0v) is 12.5. The van der Waals surface area contributed by atoms with Gasteiger partial charge in [-0.1, -0.05) is 13.8 Å². The standard InChI is InChI=1S/C14H30N4/c1-5-13(3)17(4)11-8-16-14(15)18-9-6-12(2)7-10-18/h12-13H,5-11H2,1-4H3,(H2,15,16). The molecule has 0 amide bonds. The number of hydrogen-bond acceptors (Lipinski definition) is 2. The topological polar surface area (TPSA) is 44.9 Å².